The Bertz CT molecular complexity index is 1330. The van der Waals surface area contributed by atoms with Gasteiger partial charge in [-0.15, -0.1) is 0 Å². The minimum atomic E-state index is -1.05. The van der Waals surface area contributed by atoms with Gasteiger partial charge in [-0.2, -0.15) is 0 Å². The van der Waals surface area contributed by atoms with Gasteiger partial charge in [-0.1, -0.05) is 72.8 Å². The van der Waals surface area contributed by atoms with Gasteiger partial charge in [0.1, 0.15) is 13.2 Å². The van der Waals surface area contributed by atoms with Crippen LogP contribution in [0.3, 0.4) is 0 Å². The molecule has 0 unspecified atom stereocenters. The monoisotopic (exact) mass is 542 g/mol. The maximum absolute atomic E-state index is 13.6. The summed E-state index contributed by atoms with van der Waals surface area (Å²) in [4.78, 5) is 27.1. The minimum absolute atomic E-state index is 0.00334. The van der Waals surface area contributed by atoms with Crippen LogP contribution in [0.2, 0.25) is 0 Å². The molecule has 4 rings (SSSR count). The standard InChI is InChI=1S/C32H30O8/c33-27-13-11-23(17-29(27)35)15-25(31(37)39-19-21-7-3-1-4-8-21)26(16-24-12-14-28(34)30(36)18-24)32(38)40-20-22-9-5-2-6-10-22/h1-14,17-18,25-26,33-36H,15-16,19-20H2/t25-,26+. The van der Waals surface area contributed by atoms with Gasteiger partial charge in [0.25, 0.3) is 0 Å². The summed E-state index contributed by atoms with van der Waals surface area (Å²) in [5.41, 5.74) is 2.52. The first kappa shape index (κ1) is 28.0. The van der Waals surface area contributed by atoms with E-state index in [1.165, 1.54) is 24.3 Å². The van der Waals surface area contributed by atoms with E-state index in [0.29, 0.717) is 11.1 Å². The molecule has 0 amide bonds. The topological polar surface area (TPSA) is 134 Å². The second-order valence-electron chi connectivity index (χ2n) is 9.45. The van der Waals surface area contributed by atoms with E-state index in [4.69, 9.17) is 9.47 Å². The molecule has 40 heavy (non-hydrogen) atoms. The van der Waals surface area contributed by atoms with E-state index < -0.39 is 23.8 Å². The van der Waals surface area contributed by atoms with Gasteiger partial charge in [0.2, 0.25) is 0 Å². The Hall–Kier alpha value is -4.98. The summed E-state index contributed by atoms with van der Waals surface area (Å²) in [5.74, 6) is -4.75. The maximum Gasteiger partial charge on any atom is 0.310 e. The van der Waals surface area contributed by atoms with Crippen molar-refractivity contribution in [2.75, 3.05) is 0 Å². The Balaban J connectivity index is 1.66. The third kappa shape index (κ3) is 7.54. The van der Waals surface area contributed by atoms with Crippen LogP contribution in [0.15, 0.2) is 97.1 Å². The van der Waals surface area contributed by atoms with Crippen LogP contribution in [-0.4, -0.2) is 32.4 Å². The number of phenols is 4. The fraction of sp³-hybridized carbons (Fsp3) is 0.188. The van der Waals surface area contributed by atoms with Crippen molar-refractivity contribution in [1.82, 2.24) is 0 Å². The van der Waals surface area contributed by atoms with E-state index in [2.05, 4.69) is 0 Å². The quantitative estimate of drug-likeness (QED) is 0.154. The average molecular weight is 543 g/mol. The normalized spacial score (nSPS) is 12.3. The highest BCUT2D eigenvalue weighted by Crippen LogP contribution is 2.32. The molecule has 8 nitrogen and oxygen atoms in total. The van der Waals surface area contributed by atoms with Gasteiger partial charge < -0.3 is 29.9 Å². The van der Waals surface area contributed by atoms with Crippen LogP contribution < -0.4 is 0 Å². The SMILES string of the molecule is O=C(OCc1ccccc1)[C@@H](Cc1ccc(O)c(O)c1)[C@@H](Cc1ccc(O)c(O)c1)C(=O)OCc1ccccc1. The van der Waals surface area contributed by atoms with Crippen molar-refractivity contribution in [1.29, 1.82) is 0 Å². The van der Waals surface area contributed by atoms with Crippen LogP contribution in [0.4, 0.5) is 0 Å². The number of hydrogen-bond acceptors (Lipinski definition) is 8. The average Bonchev–Trinajstić information content (AvgIpc) is 2.97. The minimum Gasteiger partial charge on any atom is -0.504 e. The number of phenolic OH excluding ortho intramolecular Hbond substituents is 4. The lowest BCUT2D eigenvalue weighted by Gasteiger charge is -2.25. The number of carbonyl (C=O) groups excluding carboxylic acids is 2. The molecule has 4 N–H and O–H groups in total. The number of benzene rings is 4. The van der Waals surface area contributed by atoms with E-state index >= 15 is 0 Å². The van der Waals surface area contributed by atoms with E-state index in [1.54, 1.807) is 12.1 Å². The zero-order chi connectivity index (χ0) is 28.5. The Morgan fingerprint density at radius 1 is 0.500 bits per heavy atom. The lowest BCUT2D eigenvalue weighted by Crippen LogP contribution is -2.35. The smallest absolute Gasteiger partial charge is 0.310 e. The molecule has 0 bridgehead atoms. The first-order valence-corrected chi connectivity index (χ1v) is 12.7. The van der Waals surface area contributed by atoms with Gasteiger partial charge in [0.15, 0.2) is 23.0 Å². The third-order valence-electron chi connectivity index (χ3n) is 6.53. The van der Waals surface area contributed by atoms with Crippen LogP contribution in [0.1, 0.15) is 22.3 Å². The molecule has 0 heterocycles. The van der Waals surface area contributed by atoms with Gasteiger partial charge in [-0.05, 0) is 59.4 Å². The summed E-state index contributed by atoms with van der Waals surface area (Å²) in [6.45, 7) is -0.0223. The van der Waals surface area contributed by atoms with Crippen LogP contribution in [0.5, 0.6) is 23.0 Å². The van der Waals surface area contributed by atoms with Crippen molar-refractivity contribution < 1.29 is 39.5 Å². The lowest BCUT2D eigenvalue weighted by atomic mass is 9.82. The molecule has 0 aliphatic rings. The number of esters is 2. The number of aromatic hydroxyl groups is 4. The number of ether oxygens (including phenoxy) is 2. The predicted octanol–water partition coefficient (Wildman–Crippen LogP) is 5.01. The van der Waals surface area contributed by atoms with Gasteiger partial charge in [-0.25, -0.2) is 0 Å². The summed E-state index contributed by atoms with van der Waals surface area (Å²) in [6.07, 6.45) is -0.00668. The van der Waals surface area contributed by atoms with E-state index in [-0.39, 0.29) is 49.1 Å². The molecule has 0 aromatic heterocycles. The zero-order valence-corrected chi connectivity index (χ0v) is 21.6. The van der Waals surface area contributed by atoms with Crippen LogP contribution in [0.25, 0.3) is 0 Å². The summed E-state index contributed by atoms with van der Waals surface area (Å²) >= 11 is 0. The molecule has 8 heteroatoms. The number of carbonyl (C=O) groups is 2. The molecule has 0 spiro atoms. The Morgan fingerprint density at radius 2 is 0.875 bits per heavy atom. The van der Waals surface area contributed by atoms with E-state index in [0.717, 1.165) is 11.1 Å². The Morgan fingerprint density at radius 3 is 1.23 bits per heavy atom. The summed E-state index contributed by atoms with van der Waals surface area (Å²) in [7, 11) is 0. The molecule has 4 aromatic carbocycles. The molecule has 0 aliphatic carbocycles. The van der Waals surface area contributed by atoms with Crippen molar-refractivity contribution in [3.05, 3.63) is 119 Å². The van der Waals surface area contributed by atoms with Gasteiger partial charge in [0, 0.05) is 0 Å². The fourth-order valence-corrected chi connectivity index (χ4v) is 4.35. The molecule has 0 saturated heterocycles. The van der Waals surface area contributed by atoms with Gasteiger partial charge in [-0.3, -0.25) is 9.59 Å². The predicted molar refractivity (Wildman–Crippen MR) is 146 cm³/mol. The van der Waals surface area contributed by atoms with E-state index in [9.17, 15) is 30.0 Å². The van der Waals surface area contributed by atoms with Crippen molar-refractivity contribution >= 4 is 11.9 Å². The number of hydrogen-bond donors (Lipinski definition) is 4. The molecule has 4 aromatic rings. The van der Waals surface area contributed by atoms with Crippen molar-refractivity contribution in [2.45, 2.75) is 26.1 Å². The second kappa shape index (κ2) is 13.2. The molecule has 0 radical (unpaired) electrons. The zero-order valence-electron chi connectivity index (χ0n) is 21.6. The summed E-state index contributed by atoms with van der Waals surface area (Å²) < 4.78 is 11.3. The largest absolute Gasteiger partial charge is 0.504 e. The first-order chi connectivity index (χ1) is 19.3. The van der Waals surface area contributed by atoms with Gasteiger partial charge >= 0.3 is 11.9 Å². The molecular weight excluding hydrogens is 512 g/mol. The highest BCUT2D eigenvalue weighted by atomic mass is 16.5. The first-order valence-electron chi connectivity index (χ1n) is 12.7. The molecular formula is C32H30O8. The lowest BCUT2D eigenvalue weighted by molar-refractivity contribution is -0.162. The highest BCUT2D eigenvalue weighted by molar-refractivity contribution is 5.82. The second-order valence-corrected chi connectivity index (χ2v) is 9.45. The van der Waals surface area contributed by atoms with Crippen LogP contribution in [-0.2, 0) is 45.1 Å². The molecule has 0 fully saturated rings. The summed E-state index contributed by atoms with van der Waals surface area (Å²) in [6, 6.07) is 26.6. The molecule has 2 atom stereocenters. The highest BCUT2D eigenvalue weighted by Gasteiger charge is 2.37. The third-order valence-corrected chi connectivity index (χ3v) is 6.53. The molecule has 206 valence electrons. The van der Waals surface area contributed by atoms with Crippen LogP contribution in [0, 0.1) is 11.8 Å². The van der Waals surface area contributed by atoms with Crippen molar-refractivity contribution in [3.63, 3.8) is 0 Å². The number of rotatable bonds is 11. The Kier molecular flexibility index (Phi) is 9.25. The van der Waals surface area contributed by atoms with Crippen molar-refractivity contribution in [2.24, 2.45) is 11.8 Å². The Labute approximate surface area is 231 Å². The van der Waals surface area contributed by atoms with Gasteiger partial charge in [0.05, 0.1) is 11.8 Å². The fourth-order valence-electron chi connectivity index (χ4n) is 4.35. The maximum atomic E-state index is 13.6. The van der Waals surface area contributed by atoms with Crippen LogP contribution >= 0.6 is 0 Å². The van der Waals surface area contributed by atoms with E-state index in [1.807, 2.05) is 60.7 Å². The molecule has 0 saturated carbocycles. The molecule has 0 aliphatic heterocycles. The summed E-state index contributed by atoms with van der Waals surface area (Å²) in [5, 5.41) is 39.6. The van der Waals surface area contributed by atoms with Crippen molar-refractivity contribution in [3.8, 4) is 23.0 Å².